The van der Waals surface area contributed by atoms with Crippen LogP contribution in [0.15, 0.2) is 49.0 Å². The molecule has 212 valence electrons. The Balaban J connectivity index is 0.00000260. The van der Waals surface area contributed by atoms with Crippen LogP contribution in [0.2, 0.25) is 5.02 Å². The molecule has 1 aliphatic carbocycles. The molecule has 1 fully saturated rings. The SMILES string of the molecule is C=CC(=O)N/C(=C/COCCNc1ncc(OCc2cc(C(=O)NC3CC3)cc(OC)c2Cl)cn1)CC.CC. The second-order valence-electron chi connectivity index (χ2n) is 8.21. The Labute approximate surface area is 235 Å². The number of nitrogens with zero attached hydrogens (tertiary/aromatic N) is 2. The molecular formula is C28H38ClN5O5. The van der Waals surface area contributed by atoms with Crippen molar-refractivity contribution >= 4 is 29.4 Å². The molecule has 1 aliphatic rings. The van der Waals surface area contributed by atoms with Gasteiger partial charge in [-0.15, -0.1) is 0 Å². The second kappa shape index (κ2) is 17.1. The summed E-state index contributed by atoms with van der Waals surface area (Å²) in [5, 5.41) is 9.13. The predicted molar refractivity (Wildman–Crippen MR) is 152 cm³/mol. The van der Waals surface area contributed by atoms with Crippen molar-refractivity contribution in [2.45, 2.75) is 52.7 Å². The summed E-state index contributed by atoms with van der Waals surface area (Å²) < 4.78 is 16.7. The molecule has 1 aromatic heterocycles. The highest BCUT2D eigenvalue weighted by Gasteiger charge is 2.25. The van der Waals surface area contributed by atoms with Gasteiger partial charge >= 0.3 is 0 Å². The van der Waals surface area contributed by atoms with E-state index in [1.165, 1.54) is 13.2 Å². The molecule has 1 aromatic carbocycles. The van der Waals surface area contributed by atoms with Gasteiger partial charge in [-0.3, -0.25) is 9.59 Å². The van der Waals surface area contributed by atoms with Gasteiger partial charge in [0.1, 0.15) is 12.4 Å². The van der Waals surface area contributed by atoms with Crippen LogP contribution in [0, 0.1) is 0 Å². The first-order valence-electron chi connectivity index (χ1n) is 13.0. The highest BCUT2D eigenvalue weighted by molar-refractivity contribution is 6.33. The number of carbonyl (C=O) groups is 2. The summed E-state index contributed by atoms with van der Waals surface area (Å²) in [6.07, 6.45) is 8.82. The van der Waals surface area contributed by atoms with Gasteiger partial charge in [0.05, 0.1) is 37.7 Å². The van der Waals surface area contributed by atoms with Crippen LogP contribution in [0.1, 0.15) is 56.0 Å². The Bertz CT molecular complexity index is 1120. The summed E-state index contributed by atoms with van der Waals surface area (Å²) in [4.78, 5) is 32.3. The van der Waals surface area contributed by atoms with E-state index in [9.17, 15) is 9.59 Å². The molecular weight excluding hydrogens is 522 g/mol. The topological polar surface area (TPSA) is 124 Å². The van der Waals surface area contributed by atoms with E-state index in [4.69, 9.17) is 25.8 Å². The quantitative estimate of drug-likeness (QED) is 0.213. The number of methoxy groups -OCH3 is 1. The highest BCUT2D eigenvalue weighted by Crippen LogP contribution is 2.31. The first-order valence-corrected chi connectivity index (χ1v) is 13.4. The van der Waals surface area contributed by atoms with Crippen molar-refractivity contribution in [3.8, 4) is 11.5 Å². The van der Waals surface area contributed by atoms with E-state index < -0.39 is 0 Å². The maximum Gasteiger partial charge on any atom is 0.251 e. The van der Waals surface area contributed by atoms with E-state index in [2.05, 4.69) is 32.5 Å². The Morgan fingerprint density at radius 3 is 2.54 bits per heavy atom. The normalized spacial score (nSPS) is 12.5. The molecule has 0 radical (unpaired) electrons. The molecule has 3 N–H and O–H groups in total. The number of hydrogen-bond donors (Lipinski definition) is 3. The standard InChI is InChI=1S/C26H32ClN5O5.C2H6/c1-4-19(31-23(33)5-2)8-10-36-11-9-28-26-29-14-21(15-30-26)37-16-18-12-17(13-22(35-3)24(18)27)25(34)32-20-6-7-20;1-2/h5,8,12-15,20H,2,4,6-7,9-11,16H2,1,3H3,(H,31,33)(H,32,34)(H,28,29,30);1-2H3/b19-8+;. The van der Waals surface area contributed by atoms with Crippen LogP contribution in [-0.2, 0) is 16.1 Å². The number of hydrogen-bond acceptors (Lipinski definition) is 8. The van der Waals surface area contributed by atoms with Crippen LogP contribution in [-0.4, -0.2) is 54.7 Å². The molecule has 2 aromatic rings. The number of carbonyl (C=O) groups excluding carboxylic acids is 2. The van der Waals surface area contributed by atoms with Crippen molar-refractivity contribution in [3.05, 3.63) is 65.1 Å². The molecule has 1 heterocycles. The summed E-state index contributed by atoms with van der Waals surface area (Å²) in [5.74, 6) is 0.875. The molecule has 3 rings (SSSR count). The lowest BCUT2D eigenvalue weighted by atomic mass is 10.1. The van der Waals surface area contributed by atoms with Crippen LogP contribution in [0.5, 0.6) is 11.5 Å². The number of aromatic nitrogens is 2. The predicted octanol–water partition coefficient (Wildman–Crippen LogP) is 4.66. The van der Waals surface area contributed by atoms with E-state index >= 15 is 0 Å². The minimum Gasteiger partial charge on any atom is -0.495 e. The number of allylic oxidation sites excluding steroid dienone is 1. The smallest absolute Gasteiger partial charge is 0.251 e. The van der Waals surface area contributed by atoms with Crippen LogP contribution >= 0.6 is 11.6 Å². The number of amides is 2. The molecule has 39 heavy (non-hydrogen) atoms. The number of ether oxygens (including phenoxy) is 3. The Hall–Kier alpha value is -3.63. The van der Waals surface area contributed by atoms with E-state index in [0.717, 1.165) is 18.5 Å². The van der Waals surface area contributed by atoms with Gasteiger partial charge in [-0.25, -0.2) is 9.97 Å². The zero-order valence-corrected chi connectivity index (χ0v) is 23.8. The Morgan fingerprint density at radius 1 is 1.21 bits per heavy atom. The van der Waals surface area contributed by atoms with Gasteiger partial charge in [-0.05, 0) is 43.5 Å². The van der Waals surface area contributed by atoms with Crippen molar-refractivity contribution in [2.24, 2.45) is 0 Å². The van der Waals surface area contributed by atoms with E-state index in [0.29, 0.717) is 59.8 Å². The number of benzene rings is 1. The fourth-order valence-electron chi connectivity index (χ4n) is 3.15. The number of halogens is 1. The molecule has 0 saturated heterocycles. The van der Waals surface area contributed by atoms with Crippen molar-refractivity contribution in [1.82, 2.24) is 20.6 Å². The number of rotatable bonds is 15. The summed E-state index contributed by atoms with van der Waals surface area (Å²) in [6.45, 7) is 10.8. The van der Waals surface area contributed by atoms with Gasteiger partial charge in [-0.2, -0.15) is 0 Å². The summed E-state index contributed by atoms with van der Waals surface area (Å²) >= 11 is 6.43. The third kappa shape index (κ3) is 10.9. The molecule has 0 aliphatic heterocycles. The first kappa shape index (κ1) is 31.6. The fourth-order valence-corrected chi connectivity index (χ4v) is 3.39. The average molecular weight is 560 g/mol. The van der Waals surface area contributed by atoms with E-state index in [-0.39, 0.29) is 24.5 Å². The average Bonchev–Trinajstić information content (AvgIpc) is 3.79. The third-order valence-electron chi connectivity index (χ3n) is 5.36. The Morgan fingerprint density at radius 2 is 1.92 bits per heavy atom. The van der Waals surface area contributed by atoms with Gasteiger partial charge < -0.3 is 30.2 Å². The lowest BCUT2D eigenvalue weighted by Gasteiger charge is -2.13. The molecule has 0 atom stereocenters. The zero-order chi connectivity index (χ0) is 28.6. The highest BCUT2D eigenvalue weighted by atomic mass is 35.5. The minimum atomic E-state index is -0.244. The molecule has 0 unspecified atom stereocenters. The van der Waals surface area contributed by atoms with Crippen LogP contribution in [0.3, 0.4) is 0 Å². The zero-order valence-electron chi connectivity index (χ0n) is 23.0. The summed E-state index contributed by atoms with van der Waals surface area (Å²) in [6, 6.07) is 3.56. The second-order valence-corrected chi connectivity index (χ2v) is 8.59. The van der Waals surface area contributed by atoms with Crippen LogP contribution in [0.4, 0.5) is 5.95 Å². The number of anilines is 1. The van der Waals surface area contributed by atoms with Gasteiger partial charge in [0.2, 0.25) is 11.9 Å². The van der Waals surface area contributed by atoms with Gasteiger partial charge in [0.15, 0.2) is 5.75 Å². The monoisotopic (exact) mass is 559 g/mol. The molecule has 0 spiro atoms. The molecule has 11 heteroatoms. The summed E-state index contributed by atoms with van der Waals surface area (Å²) in [5.41, 5.74) is 1.86. The van der Waals surface area contributed by atoms with Gasteiger partial charge in [0.25, 0.3) is 5.91 Å². The largest absolute Gasteiger partial charge is 0.495 e. The molecule has 2 amide bonds. The van der Waals surface area contributed by atoms with Crippen molar-refractivity contribution in [1.29, 1.82) is 0 Å². The maximum atomic E-state index is 12.5. The summed E-state index contributed by atoms with van der Waals surface area (Å²) in [7, 11) is 1.50. The minimum absolute atomic E-state index is 0.115. The number of nitrogens with one attached hydrogen (secondary N) is 3. The lowest BCUT2D eigenvalue weighted by molar-refractivity contribution is -0.115. The molecule has 0 bridgehead atoms. The molecule has 1 saturated carbocycles. The van der Waals surface area contributed by atoms with Crippen molar-refractivity contribution in [3.63, 3.8) is 0 Å². The van der Waals surface area contributed by atoms with Crippen molar-refractivity contribution in [2.75, 3.05) is 32.2 Å². The molecule has 10 nitrogen and oxygen atoms in total. The third-order valence-corrected chi connectivity index (χ3v) is 5.79. The maximum absolute atomic E-state index is 12.5. The fraction of sp³-hybridized carbons (Fsp3) is 0.429. The Kier molecular flexibility index (Phi) is 13.8. The first-order chi connectivity index (χ1) is 18.9. The van der Waals surface area contributed by atoms with Gasteiger partial charge in [0, 0.05) is 29.4 Å². The van der Waals surface area contributed by atoms with Crippen LogP contribution < -0.4 is 25.4 Å². The lowest BCUT2D eigenvalue weighted by Crippen LogP contribution is -2.25. The van der Waals surface area contributed by atoms with E-state index in [1.54, 1.807) is 24.5 Å². The van der Waals surface area contributed by atoms with Crippen molar-refractivity contribution < 1.29 is 23.8 Å². The van der Waals surface area contributed by atoms with Gasteiger partial charge in [-0.1, -0.05) is 39.0 Å². The van der Waals surface area contributed by atoms with Crippen LogP contribution in [0.25, 0.3) is 0 Å². The van der Waals surface area contributed by atoms with E-state index in [1.807, 2.05) is 26.8 Å².